The van der Waals surface area contributed by atoms with Crippen molar-refractivity contribution in [2.75, 3.05) is 0 Å². The number of hydrogen-bond donors (Lipinski definition) is 0. The van der Waals surface area contributed by atoms with E-state index in [1.165, 1.54) is 0 Å². The first-order valence-electron chi connectivity index (χ1n) is 13.8. The first-order valence-corrected chi connectivity index (χ1v) is 13.8. The predicted octanol–water partition coefficient (Wildman–Crippen LogP) is 10.2. The summed E-state index contributed by atoms with van der Waals surface area (Å²) in [5.41, 5.74) is -8.20. The molecule has 280 valence electrons. The summed E-state index contributed by atoms with van der Waals surface area (Å²) in [6.45, 7) is 0. The Kier molecular flexibility index (Phi) is 9.29. The zero-order chi connectivity index (χ0) is 40.0. The lowest BCUT2D eigenvalue weighted by atomic mass is 9.72. The van der Waals surface area contributed by atoms with E-state index < -0.39 is 167 Å². The van der Waals surface area contributed by atoms with Crippen LogP contribution in [0.15, 0.2) is 24.3 Å². The minimum Gasteiger partial charge on any atom is -0.519 e. The summed E-state index contributed by atoms with van der Waals surface area (Å²) in [4.78, 5) is 0. The van der Waals surface area contributed by atoms with Crippen LogP contribution in [0.25, 0.3) is 32.7 Å². The summed E-state index contributed by atoms with van der Waals surface area (Å²) < 4.78 is 289. The van der Waals surface area contributed by atoms with Gasteiger partial charge in [0.15, 0.2) is 63.9 Å². The molecule has 0 saturated heterocycles. The maximum Gasteiger partial charge on any atom is 0.636 e. The van der Waals surface area contributed by atoms with Gasteiger partial charge in [0.2, 0.25) is 40.7 Å². The Labute approximate surface area is 284 Å². The molecule has 0 bridgehead atoms. The fourth-order valence-corrected chi connectivity index (χ4v) is 5.28. The molecule has 0 aliphatic carbocycles. The Morgan fingerprint density at radius 2 is 0.759 bits per heavy atom. The molecule has 0 aliphatic rings. The maximum atomic E-state index is 15.7. The predicted molar refractivity (Wildman–Crippen MR) is 146 cm³/mol. The molecule has 54 heavy (non-hydrogen) atoms. The van der Waals surface area contributed by atoms with Crippen molar-refractivity contribution in [3.8, 4) is 22.6 Å². The lowest BCUT2D eigenvalue weighted by Gasteiger charge is -2.23. The summed E-state index contributed by atoms with van der Waals surface area (Å²) in [6.07, 6.45) is 0. The van der Waals surface area contributed by atoms with Gasteiger partial charge in [-0.25, -0.2) is 70.2 Å². The summed E-state index contributed by atoms with van der Waals surface area (Å²) in [6, 6.07) is 2.60. The zero-order valence-electron chi connectivity index (χ0n) is 24.9. The highest BCUT2D eigenvalue weighted by atomic mass is 19.2. The van der Waals surface area contributed by atoms with E-state index in [0.29, 0.717) is 12.1 Å². The summed E-state index contributed by atoms with van der Waals surface area (Å²) in [7, 11) is -4.08. The van der Waals surface area contributed by atoms with E-state index in [2.05, 4.69) is 4.65 Å². The number of halogens is 19. The average molecular weight is 792 g/mol. The molecule has 0 N–H and O–H groups in total. The van der Waals surface area contributed by atoms with Crippen LogP contribution < -0.4 is 14.8 Å². The van der Waals surface area contributed by atoms with Gasteiger partial charge in [-0.2, -0.15) is 13.2 Å². The highest BCUT2D eigenvalue weighted by molar-refractivity contribution is 6.64. The van der Waals surface area contributed by atoms with Crippen LogP contribution in [-0.2, 0) is 0 Å². The third-order valence-electron chi connectivity index (χ3n) is 7.72. The smallest absolute Gasteiger partial charge is 0.519 e. The molecule has 22 heteroatoms. The summed E-state index contributed by atoms with van der Waals surface area (Å²) in [5, 5.41) is -5.13. The molecule has 0 aromatic heterocycles. The number of rotatable bonds is 6. The average Bonchev–Trinajstić information content (AvgIpc) is 3.14. The molecule has 0 aliphatic heterocycles. The molecular formula is C32H4BF19O2. The van der Waals surface area contributed by atoms with Crippen LogP contribution in [0.4, 0.5) is 83.4 Å². The van der Waals surface area contributed by atoms with Crippen molar-refractivity contribution < 1.29 is 92.7 Å². The van der Waals surface area contributed by atoms with Crippen LogP contribution >= 0.6 is 0 Å². The Hall–Kier alpha value is -5.83. The van der Waals surface area contributed by atoms with E-state index in [9.17, 15) is 52.7 Å². The maximum absolute atomic E-state index is 15.7. The fraction of sp³-hybridized carbons (Fsp3) is 0. The number of fused-ring (bicyclic) bond motifs is 2. The SMILES string of the molecule is Fc1c(F)c(F)c(OB(Oc2c(F)c(F)c(F)c3c(F)c4c(F)cccc4cc23)c2c(F)c(F)c(F)c(F)c2-c2c(F)c(F)c(F)c(F)c2F)c(F)c1F. The molecule has 2 nitrogen and oxygen atoms in total. The second kappa shape index (κ2) is 13.2. The summed E-state index contributed by atoms with van der Waals surface area (Å²) in [5.74, 6) is -59.6. The van der Waals surface area contributed by atoms with Crippen molar-refractivity contribution in [1.29, 1.82) is 0 Å². The van der Waals surface area contributed by atoms with Crippen molar-refractivity contribution in [2.24, 2.45) is 0 Å². The number of hydrogen-bond acceptors (Lipinski definition) is 2. The molecule has 0 heterocycles. The monoisotopic (exact) mass is 792 g/mol. The molecule has 6 rings (SSSR count). The largest absolute Gasteiger partial charge is 0.636 e. The minimum atomic E-state index is -4.08. The molecule has 0 fully saturated rings. The molecule has 0 unspecified atom stereocenters. The molecule has 0 spiro atoms. The third-order valence-corrected chi connectivity index (χ3v) is 7.72. The Balaban J connectivity index is 1.79. The van der Waals surface area contributed by atoms with Gasteiger partial charge in [0.25, 0.3) is 0 Å². The van der Waals surface area contributed by atoms with Crippen LogP contribution in [0.3, 0.4) is 0 Å². The van der Waals surface area contributed by atoms with E-state index in [0.717, 1.165) is 12.1 Å². The van der Waals surface area contributed by atoms with E-state index >= 15 is 30.7 Å². The first-order chi connectivity index (χ1) is 25.2. The second-order valence-corrected chi connectivity index (χ2v) is 10.7. The zero-order valence-corrected chi connectivity index (χ0v) is 24.9. The van der Waals surface area contributed by atoms with Crippen LogP contribution in [0.5, 0.6) is 11.5 Å². The van der Waals surface area contributed by atoms with Gasteiger partial charge in [-0.05, 0) is 17.5 Å². The van der Waals surface area contributed by atoms with Gasteiger partial charge in [-0.1, -0.05) is 12.1 Å². The lowest BCUT2D eigenvalue weighted by Crippen LogP contribution is -2.47. The molecule has 0 atom stereocenters. The van der Waals surface area contributed by atoms with Gasteiger partial charge in [-0.15, -0.1) is 0 Å². The molecule has 0 amide bonds. The number of benzene rings is 6. The van der Waals surface area contributed by atoms with E-state index in [1.807, 2.05) is 0 Å². The molecule has 0 saturated carbocycles. The van der Waals surface area contributed by atoms with Crippen molar-refractivity contribution in [3.63, 3.8) is 0 Å². The van der Waals surface area contributed by atoms with Gasteiger partial charge in [0.1, 0.15) is 17.4 Å². The van der Waals surface area contributed by atoms with Crippen LogP contribution in [0.2, 0.25) is 0 Å². The van der Waals surface area contributed by atoms with E-state index in [-0.39, 0.29) is 0 Å². The quantitative estimate of drug-likeness (QED) is 0.0550. The highest BCUT2D eigenvalue weighted by Gasteiger charge is 2.45. The van der Waals surface area contributed by atoms with Gasteiger partial charge < -0.3 is 9.31 Å². The highest BCUT2D eigenvalue weighted by Crippen LogP contribution is 2.41. The third kappa shape index (κ3) is 5.39. The fourth-order valence-electron chi connectivity index (χ4n) is 5.28. The summed E-state index contributed by atoms with van der Waals surface area (Å²) >= 11 is 0. The van der Waals surface area contributed by atoms with Crippen molar-refractivity contribution in [3.05, 3.63) is 135 Å². The Bertz CT molecular complexity index is 2570. The van der Waals surface area contributed by atoms with Crippen molar-refractivity contribution in [1.82, 2.24) is 0 Å². The van der Waals surface area contributed by atoms with Crippen molar-refractivity contribution >= 4 is 34.1 Å². The Morgan fingerprint density at radius 3 is 1.30 bits per heavy atom. The van der Waals surface area contributed by atoms with Crippen LogP contribution in [0.1, 0.15) is 0 Å². The topological polar surface area (TPSA) is 18.5 Å². The van der Waals surface area contributed by atoms with Gasteiger partial charge in [0.05, 0.1) is 21.8 Å². The second-order valence-electron chi connectivity index (χ2n) is 10.7. The lowest BCUT2D eigenvalue weighted by molar-refractivity contribution is 0.330. The van der Waals surface area contributed by atoms with Crippen LogP contribution in [-0.4, -0.2) is 7.12 Å². The van der Waals surface area contributed by atoms with Gasteiger partial charge in [0, 0.05) is 10.9 Å². The van der Waals surface area contributed by atoms with E-state index in [1.54, 1.807) is 0 Å². The van der Waals surface area contributed by atoms with Crippen LogP contribution in [0, 0.1) is 111 Å². The van der Waals surface area contributed by atoms with Gasteiger partial charge >= 0.3 is 7.12 Å². The molecular weight excluding hydrogens is 788 g/mol. The van der Waals surface area contributed by atoms with Gasteiger partial charge in [-0.3, -0.25) is 0 Å². The standard InChI is InChI=1S/C32H4BF19O2/c34-7-3-1-2-5-4-6-9(13(35)8(5)7)14(36)22(44)28(50)31(6)53-33(54-32-29(51)26(48)25(47)27(49)30(32)52)12-10(15(37)19(41)23(45)18(12)40)11-16(38)20(42)24(46)21(43)17(11)39/h1-4H. The molecule has 6 aromatic carbocycles. The minimum absolute atomic E-state index is 0.348. The molecule has 0 radical (unpaired) electrons. The molecule has 6 aromatic rings. The van der Waals surface area contributed by atoms with Crippen molar-refractivity contribution in [2.45, 2.75) is 0 Å². The Morgan fingerprint density at radius 1 is 0.352 bits per heavy atom. The first kappa shape index (κ1) is 37.9. The van der Waals surface area contributed by atoms with E-state index in [4.69, 9.17) is 4.65 Å². The normalized spacial score (nSPS) is 11.6.